The van der Waals surface area contributed by atoms with E-state index in [0.29, 0.717) is 11.7 Å². The highest BCUT2D eigenvalue weighted by molar-refractivity contribution is 5.80. The van der Waals surface area contributed by atoms with Crippen LogP contribution in [0.25, 0.3) is 0 Å². The Morgan fingerprint density at radius 2 is 1.91 bits per heavy atom. The standard InChI is InChI=1S/C10H18O/c1-8-4-3-5-10(11)9(2)7-6-8/h8-9H,3-7H2,1-2H3. The normalized spacial score (nSPS) is 34.5. The Kier molecular flexibility index (Phi) is 3.10. The molecular formula is C10H18O. The van der Waals surface area contributed by atoms with Gasteiger partial charge >= 0.3 is 0 Å². The second-order valence-electron chi connectivity index (χ2n) is 3.94. The van der Waals surface area contributed by atoms with Crippen molar-refractivity contribution in [3.63, 3.8) is 0 Å². The lowest BCUT2D eigenvalue weighted by Crippen LogP contribution is -2.15. The highest BCUT2D eigenvalue weighted by Gasteiger charge is 2.17. The molecule has 1 heteroatoms. The molecule has 1 rings (SSSR count). The fourth-order valence-electron chi connectivity index (χ4n) is 1.71. The summed E-state index contributed by atoms with van der Waals surface area (Å²) in [6.45, 7) is 4.36. The maximum atomic E-state index is 11.3. The van der Waals surface area contributed by atoms with E-state index in [1.165, 1.54) is 12.8 Å². The van der Waals surface area contributed by atoms with E-state index in [1.54, 1.807) is 0 Å². The van der Waals surface area contributed by atoms with Crippen LogP contribution in [0.1, 0.15) is 46.0 Å². The number of Topliss-reactive ketones (excluding diaryl/α,β-unsaturated/α-hetero) is 1. The van der Waals surface area contributed by atoms with E-state index < -0.39 is 0 Å². The van der Waals surface area contributed by atoms with E-state index in [0.717, 1.165) is 25.2 Å². The lowest BCUT2D eigenvalue weighted by atomic mass is 9.86. The lowest BCUT2D eigenvalue weighted by molar-refractivity contribution is -0.123. The topological polar surface area (TPSA) is 17.1 Å². The van der Waals surface area contributed by atoms with E-state index in [4.69, 9.17) is 0 Å². The molecule has 0 N–H and O–H groups in total. The van der Waals surface area contributed by atoms with Gasteiger partial charge in [0.25, 0.3) is 0 Å². The number of rotatable bonds is 0. The van der Waals surface area contributed by atoms with Crippen molar-refractivity contribution in [2.75, 3.05) is 0 Å². The van der Waals surface area contributed by atoms with Gasteiger partial charge in [-0.3, -0.25) is 4.79 Å². The first-order chi connectivity index (χ1) is 5.20. The molecule has 0 amide bonds. The summed E-state index contributed by atoms with van der Waals surface area (Å²) >= 11 is 0. The van der Waals surface area contributed by atoms with Crippen LogP contribution in [0.2, 0.25) is 0 Å². The van der Waals surface area contributed by atoms with E-state index in [1.807, 2.05) is 0 Å². The average Bonchev–Trinajstić information content (AvgIpc) is 1.98. The molecule has 0 aliphatic heterocycles. The minimum atomic E-state index is 0.331. The highest BCUT2D eigenvalue weighted by atomic mass is 16.1. The largest absolute Gasteiger partial charge is 0.299 e. The zero-order valence-corrected chi connectivity index (χ0v) is 7.60. The molecule has 64 valence electrons. The molecule has 1 nitrogen and oxygen atoms in total. The first kappa shape index (κ1) is 8.76. The second-order valence-corrected chi connectivity index (χ2v) is 3.94. The summed E-state index contributed by atoms with van der Waals surface area (Å²) in [5, 5.41) is 0. The predicted octanol–water partition coefficient (Wildman–Crippen LogP) is 2.79. The van der Waals surface area contributed by atoms with Gasteiger partial charge in [0.2, 0.25) is 0 Å². The Morgan fingerprint density at radius 3 is 2.64 bits per heavy atom. The molecule has 0 spiro atoms. The van der Waals surface area contributed by atoms with Crippen LogP contribution < -0.4 is 0 Å². The zero-order chi connectivity index (χ0) is 8.27. The van der Waals surface area contributed by atoms with Gasteiger partial charge in [-0.15, -0.1) is 0 Å². The molecule has 1 aliphatic carbocycles. The van der Waals surface area contributed by atoms with Crippen LogP contribution in [-0.4, -0.2) is 5.78 Å². The molecule has 11 heavy (non-hydrogen) atoms. The predicted molar refractivity (Wildman–Crippen MR) is 46.4 cm³/mol. The molecular weight excluding hydrogens is 136 g/mol. The van der Waals surface area contributed by atoms with Crippen molar-refractivity contribution < 1.29 is 4.79 Å². The number of carbonyl (C=O) groups excluding carboxylic acids is 1. The smallest absolute Gasteiger partial charge is 0.135 e. The molecule has 0 aromatic heterocycles. The van der Waals surface area contributed by atoms with Gasteiger partial charge in [0.15, 0.2) is 0 Å². The molecule has 0 aromatic rings. The maximum Gasteiger partial charge on any atom is 0.135 e. The van der Waals surface area contributed by atoms with Crippen molar-refractivity contribution in [2.45, 2.75) is 46.0 Å². The fraction of sp³-hybridized carbons (Fsp3) is 0.900. The van der Waals surface area contributed by atoms with Gasteiger partial charge in [0.1, 0.15) is 5.78 Å². The van der Waals surface area contributed by atoms with E-state index >= 15 is 0 Å². The molecule has 1 saturated carbocycles. The minimum absolute atomic E-state index is 0.331. The van der Waals surface area contributed by atoms with Gasteiger partial charge in [-0.1, -0.05) is 26.7 Å². The van der Waals surface area contributed by atoms with Crippen LogP contribution in [0.5, 0.6) is 0 Å². The third-order valence-electron chi connectivity index (χ3n) is 2.76. The quantitative estimate of drug-likeness (QED) is 0.524. The third-order valence-corrected chi connectivity index (χ3v) is 2.76. The molecule has 0 saturated heterocycles. The molecule has 0 bridgehead atoms. The van der Waals surface area contributed by atoms with Crippen molar-refractivity contribution in [1.82, 2.24) is 0 Å². The van der Waals surface area contributed by atoms with Crippen molar-refractivity contribution in [1.29, 1.82) is 0 Å². The highest BCUT2D eigenvalue weighted by Crippen LogP contribution is 2.23. The molecule has 1 aliphatic rings. The zero-order valence-electron chi connectivity index (χ0n) is 7.60. The summed E-state index contributed by atoms with van der Waals surface area (Å²) < 4.78 is 0. The first-order valence-electron chi connectivity index (χ1n) is 4.73. The van der Waals surface area contributed by atoms with Crippen molar-refractivity contribution in [3.05, 3.63) is 0 Å². The first-order valence-corrected chi connectivity index (χ1v) is 4.73. The fourth-order valence-corrected chi connectivity index (χ4v) is 1.71. The van der Waals surface area contributed by atoms with E-state index in [9.17, 15) is 4.79 Å². The Hall–Kier alpha value is -0.330. The van der Waals surface area contributed by atoms with E-state index in [2.05, 4.69) is 13.8 Å². The van der Waals surface area contributed by atoms with Gasteiger partial charge in [-0.2, -0.15) is 0 Å². The van der Waals surface area contributed by atoms with Gasteiger partial charge in [0.05, 0.1) is 0 Å². The summed E-state index contributed by atoms with van der Waals surface area (Å²) in [5.41, 5.74) is 0. The summed E-state index contributed by atoms with van der Waals surface area (Å²) in [6, 6.07) is 0. The Bertz CT molecular complexity index is 140. The maximum absolute atomic E-state index is 11.3. The van der Waals surface area contributed by atoms with Gasteiger partial charge < -0.3 is 0 Å². The van der Waals surface area contributed by atoms with Crippen molar-refractivity contribution in [2.24, 2.45) is 11.8 Å². The number of hydrogen-bond donors (Lipinski definition) is 0. The van der Waals surface area contributed by atoms with Crippen LogP contribution in [0.15, 0.2) is 0 Å². The molecule has 2 unspecified atom stereocenters. The molecule has 1 fully saturated rings. The molecule has 0 aromatic carbocycles. The summed E-state index contributed by atoms with van der Waals surface area (Å²) in [7, 11) is 0. The van der Waals surface area contributed by atoms with Crippen LogP contribution in [0.3, 0.4) is 0 Å². The van der Waals surface area contributed by atoms with Crippen molar-refractivity contribution >= 4 is 5.78 Å². The Morgan fingerprint density at radius 1 is 1.18 bits per heavy atom. The summed E-state index contributed by atoms with van der Waals surface area (Å²) in [6.07, 6.45) is 5.54. The molecule has 0 heterocycles. The van der Waals surface area contributed by atoms with Gasteiger partial charge in [-0.25, -0.2) is 0 Å². The lowest BCUT2D eigenvalue weighted by Gasteiger charge is -2.18. The number of carbonyl (C=O) groups is 1. The minimum Gasteiger partial charge on any atom is -0.299 e. The van der Waals surface area contributed by atoms with Gasteiger partial charge in [0, 0.05) is 12.3 Å². The van der Waals surface area contributed by atoms with Crippen LogP contribution in [-0.2, 0) is 4.79 Å². The van der Waals surface area contributed by atoms with Gasteiger partial charge in [-0.05, 0) is 18.8 Å². The Labute approximate surface area is 69.2 Å². The van der Waals surface area contributed by atoms with Crippen LogP contribution >= 0.6 is 0 Å². The molecule has 0 radical (unpaired) electrons. The third kappa shape index (κ3) is 2.64. The summed E-state index contributed by atoms with van der Waals surface area (Å²) in [4.78, 5) is 11.3. The Balaban J connectivity index is 2.41. The van der Waals surface area contributed by atoms with E-state index in [-0.39, 0.29) is 0 Å². The number of ketones is 1. The second kappa shape index (κ2) is 3.89. The van der Waals surface area contributed by atoms with Crippen LogP contribution in [0.4, 0.5) is 0 Å². The summed E-state index contributed by atoms with van der Waals surface area (Å²) in [5.74, 6) is 1.65. The van der Waals surface area contributed by atoms with Crippen molar-refractivity contribution in [3.8, 4) is 0 Å². The average molecular weight is 154 g/mol. The number of hydrogen-bond acceptors (Lipinski definition) is 1. The monoisotopic (exact) mass is 154 g/mol. The SMILES string of the molecule is CC1CCCC(=O)C(C)CC1. The molecule has 2 atom stereocenters. The van der Waals surface area contributed by atoms with Crippen LogP contribution in [0, 0.1) is 11.8 Å².